The van der Waals surface area contributed by atoms with Crippen molar-refractivity contribution < 1.29 is 4.79 Å². The molecule has 7 heteroatoms. The number of amides is 1. The van der Waals surface area contributed by atoms with Crippen LogP contribution in [0.4, 0.5) is 0 Å². The van der Waals surface area contributed by atoms with Gasteiger partial charge in [0.05, 0.1) is 10.5 Å². The number of H-pyrrole nitrogens is 1. The van der Waals surface area contributed by atoms with Crippen molar-refractivity contribution in [1.82, 2.24) is 19.9 Å². The van der Waals surface area contributed by atoms with Crippen LogP contribution in [-0.2, 0) is 11.3 Å². The molecule has 0 radical (unpaired) electrons. The van der Waals surface area contributed by atoms with Gasteiger partial charge in [0.1, 0.15) is 0 Å². The van der Waals surface area contributed by atoms with Gasteiger partial charge >= 0.3 is 0 Å². The van der Waals surface area contributed by atoms with E-state index in [0.29, 0.717) is 22.8 Å². The average molecular weight is 313 g/mol. The summed E-state index contributed by atoms with van der Waals surface area (Å²) in [5.41, 5.74) is 1.50. The molecule has 0 spiro atoms. The summed E-state index contributed by atoms with van der Waals surface area (Å²) in [6, 6.07) is 1.96. The molecule has 2 N–H and O–H groups in total. The highest BCUT2D eigenvalue weighted by Crippen LogP contribution is 2.16. The number of aryl methyl sites for hydroxylation is 1. The van der Waals surface area contributed by atoms with Gasteiger partial charge in [0.2, 0.25) is 5.91 Å². The van der Waals surface area contributed by atoms with E-state index in [9.17, 15) is 4.79 Å². The average Bonchev–Trinajstić information content (AvgIpc) is 2.70. The molecule has 2 aromatic rings. The summed E-state index contributed by atoms with van der Waals surface area (Å²) >= 11 is 11.1. The lowest BCUT2D eigenvalue weighted by Gasteiger charge is -2.11. The fourth-order valence-corrected chi connectivity index (χ4v) is 2.33. The number of pyridine rings is 1. The first-order valence-electron chi connectivity index (χ1n) is 6.54. The van der Waals surface area contributed by atoms with Crippen molar-refractivity contribution in [2.24, 2.45) is 0 Å². The summed E-state index contributed by atoms with van der Waals surface area (Å²) in [5.74, 6) is 0.0181. The Morgan fingerprint density at radius 2 is 2.40 bits per heavy atom. The monoisotopic (exact) mass is 312 g/mol. The van der Waals surface area contributed by atoms with Crippen molar-refractivity contribution in [3.05, 3.63) is 22.1 Å². The molecule has 0 aliphatic heterocycles. The van der Waals surface area contributed by atoms with Crippen LogP contribution >= 0.6 is 23.8 Å². The van der Waals surface area contributed by atoms with Gasteiger partial charge in [0.15, 0.2) is 10.4 Å². The Balaban J connectivity index is 2.12. The second-order valence-electron chi connectivity index (χ2n) is 4.73. The number of carbonyl (C=O) groups is 1. The molecule has 1 unspecified atom stereocenters. The minimum absolute atomic E-state index is 0.0181. The lowest BCUT2D eigenvalue weighted by molar-refractivity contribution is -0.121. The number of rotatable bonds is 5. The summed E-state index contributed by atoms with van der Waals surface area (Å²) in [6.07, 6.45) is 2.86. The first-order valence-corrected chi connectivity index (χ1v) is 7.33. The number of imidazole rings is 1. The third-order valence-corrected chi connectivity index (χ3v) is 3.69. The number of nitrogens with zero attached hydrogens (tertiary/aromatic N) is 2. The first kappa shape index (κ1) is 15.0. The Hall–Kier alpha value is -1.40. The molecule has 0 bridgehead atoms. The zero-order chi connectivity index (χ0) is 14.7. The van der Waals surface area contributed by atoms with Crippen LogP contribution in [0.25, 0.3) is 11.2 Å². The fourth-order valence-electron chi connectivity index (χ4n) is 1.89. The predicted molar refractivity (Wildman–Crippen MR) is 82.4 cm³/mol. The van der Waals surface area contributed by atoms with Crippen LogP contribution in [0.3, 0.4) is 0 Å². The Bertz CT molecular complexity index is 679. The van der Waals surface area contributed by atoms with Crippen molar-refractivity contribution in [1.29, 1.82) is 0 Å². The third-order valence-electron chi connectivity index (χ3n) is 3.16. The van der Waals surface area contributed by atoms with Gasteiger partial charge in [-0.25, -0.2) is 4.98 Å². The maximum Gasteiger partial charge on any atom is 0.222 e. The van der Waals surface area contributed by atoms with Gasteiger partial charge in [-0.3, -0.25) is 4.79 Å². The van der Waals surface area contributed by atoms with E-state index in [-0.39, 0.29) is 11.9 Å². The van der Waals surface area contributed by atoms with E-state index in [0.717, 1.165) is 17.6 Å². The molecule has 0 aliphatic rings. The van der Waals surface area contributed by atoms with Crippen LogP contribution in [0.5, 0.6) is 0 Å². The van der Waals surface area contributed by atoms with Crippen LogP contribution in [0, 0.1) is 4.77 Å². The molecule has 0 aliphatic carbocycles. The van der Waals surface area contributed by atoms with Crippen molar-refractivity contribution in [2.75, 3.05) is 0 Å². The van der Waals surface area contributed by atoms with E-state index >= 15 is 0 Å². The van der Waals surface area contributed by atoms with Gasteiger partial charge in [0.25, 0.3) is 0 Å². The maximum absolute atomic E-state index is 11.8. The Labute approximate surface area is 127 Å². The number of aromatic nitrogens is 3. The zero-order valence-corrected chi connectivity index (χ0v) is 13.0. The highest BCUT2D eigenvalue weighted by atomic mass is 35.5. The highest BCUT2D eigenvalue weighted by molar-refractivity contribution is 7.71. The molecule has 1 atom stereocenters. The second-order valence-corrected chi connectivity index (χ2v) is 5.56. The molecule has 2 rings (SSSR count). The summed E-state index contributed by atoms with van der Waals surface area (Å²) in [7, 11) is 0. The molecule has 2 aromatic heterocycles. The van der Waals surface area contributed by atoms with Crippen LogP contribution in [-0.4, -0.2) is 26.5 Å². The number of halogens is 1. The van der Waals surface area contributed by atoms with E-state index in [1.807, 2.05) is 18.4 Å². The smallest absolute Gasteiger partial charge is 0.222 e. The molecular formula is C13H17ClN4OS. The lowest BCUT2D eigenvalue weighted by Crippen LogP contribution is -2.32. The third kappa shape index (κ3) is 3.37. The van der Waals surface area contributed by atoms with Gasteiger partial charge in [-0.05, 0) is 31.6 Å². The van der Waals surface area contributed by atoms with Crippen LogP contribution in [0.2, 0.25) is 5.02 Å². The quantitative estimate of drug-likeness (QED) is 0.834. The van der Waals surface area contributed by atoms with Crippen molar-refractivity contribution in [3.63, 3.8) is 0 Å². The van der Waals surface area contributed by atoms with E-state index in [4.69, 9.17) is 23.8 Å². The van der Waals surface area contributed by atoms with Crippen LogP contribution in [0.1, 0.15) is 26.7 Å². The summed E-state index contributed by atoms with van der Waals surface area (Å²) in [5, 5.41) is 3.48. The topological polar surface area (TPSA) is 62.7 Å². The van der Waals surface area contributed by atoms with Gasteiger partial charge in [-0.2, -0.15) is 0 Å². The first-order chi connectivity index (χ1) is 9.51. The lowest BCUT2D eigenvalue weighted by atomic mass is 10.2. The van der Waals surface area contributed by atoms with Gasteiger partial charge in [-0.15, -0.1) is 0 Å². The number of carbonyl (C=O) groups excluding carboxylic acids is 1. The van der Waals surface area contributed by atoms with Crippen LogP contribution < -0.4 is 5.32 Å². The molecule has 2 heterocycles. The van der Waals surface area contributed by atoms with Gasteiger partial charge in [0, 0.05) is 25.2 Å². The van der Waals surface area contributed by atoms with E-state index in [1.165, 1.54) is 0 Å². The SMILES string of the molecule is CCC(C)NC(=O)CCn1c(=S)[nH]c2cc(Cl)cnc21. The summed E-state index contributed by atoms with van der Waals surface area (Å²) < 4.78 is 2.36. The molecule has 20 heavy (non-hydrogen) atoms. The molecule has 1 amide bonds. The molecule has 0 saturated heterocycles. The number of fused-ring (bicyclic) bond motifs is 1. The minimum Gasteiger partial charge on any atom is -0.354 e. The second kappa shape index (κ2) is 6.37. The molecule has 0 saturated carbocycles. The van der Waals surface area contributed by atoms with E-state index in [1.54, 1.807) is 12.3 Å². The fraction of sp³-hybridized carbons (Fsp3) is 0.462. The molecule has 108 valence electrons. The summed E-state index contributed by atoms with van der Waals surface area (Å²) in [4.78, 5) is 19.1. The van der Waals surface area contributed by atoms with Crippen LogP contribution in [0.15, 0.2) is 12.3 Å². The normalized spacial score (nSPS) is 12.6. The van der Waals surface area contributed by atoms with Crippen molar-refractivity contribution >= 4 is 40.9 Å². The summed E-state index contributed by atoms with van der Waals surface area (Å²) in [6.45, 7) is 4.52. The number of aromatic amines is 1. The Morgan fingerprint density at radius 1 is 1.65 bits per heavy atom. The standard InChI is InChI=1S/C13H17ClN4OS/c1-3-8(2)16-11(19)4-5-18-12-10(17-13(18)20)6-9(14)7-15-12/h6-8H,3-5H2,1-2H3,(H,16,19)(H,17,20). The number of hydrogen-bond donors (Lipinski definition) is 2. The van der Waals surface area contributed by atoms with E-state index in [2.05, 4.69) is 15.3 Å². The maximum atomic E-state index is 11.8. The Morgan fingerprint density at radius 3 is 3.10 bits per heavy atom. The largest absolute Gasteiger partial charge is 0.354 e. The molecule has 0 aromatic carbocycles. The minimum atomic E-state index is 0.0181. The number of hydrogen-bond acceptors (Lipinski definition) is 3. The highest BCUT2D eigenvalue weighted by Gasteiger charge is 2.10. The van der Waals surface area contributed by atoms with E-state index < -0.39 is 0 Å². The number of nitrogens with one attached hydrogen (secondary N) is 2. The van der Waals surface area contributed by atoms with Gasteiger partial charge < -0.3 is 14.9 Å². The zero-order valence-electron chi connectivity index (χ0n) is 11.4. The predicted octanol–water partition coefficient (Wildman–Crippen LogP) is 3.05. The Kier molecular flexibility index (Phi) is 4.77. The molecular weight excluding hydrogens is 296 g/mol. The molecule has 5 nitrogen and oxygen atoms in total. The molecule has 0 fully saturated rings. The van der Waals surface area contributed by atoms with Crippen molar-refractivity contribution in [3.8, 4) is 0 Å². The van der Waals surface area contributed by atoms with Gasteiger partial charge in [-0.1, -0.05) is 18.5 Å². The van der Waals surface area contributed by atoms with Crippen molar-refractivity contribution in [2.45, 2.75) is 39.3 Å².